The molecule has 3 heteroatoms. The van der Waals surface area contributed by atoms with Crippen LogP contribution in [0.25, 0.3) is 11.1 Å². The Morgan fingerprint density at radius 1 is 1.24 bits per heavy atom. The van der Waals surface area contributed by atoms with Gasteiger partial charge in [-0.2, -0.15) is 11.3 Å². The molecule has 17 heavy (non-hydrogen) atoms. The number of ether oxygens (including phenoxy) is 1. The fourth-order valence-electron chi connectivity index (χ4n) is 1.78. The molecule has 0 radical (unpaired) electrons. The van der Waals surface area contributed by atoms with Crippen LogP contribution in [0.2, 0.25) is 0 Å². The van der Waals surface area contributed by atoms with Gasteiger partial charge in [-0.15, -0.1) is 0 Å². The second kappa shape index (κ2) is 5.84. The van der Waals surface area contributed by atoms with Gasteiger partial charge in [-0.05, 0) is 46.6 Å². The van der Waals surface area contributed by atoms with E-state index in [1.807, 2.05) is 6.07 Å². The summed E-state index contributed by atoms with van der Waals surface area (Å²) in [5.41, 5.74) is 3.73. The largest absolute Gasteiger partial charge is 0.496 e. The Hall–Kier alpha value is -1.32. The second-order valence-electron chi connectivity index (χ2n) is 3.82. The Morgan fingerprint density at radius 2 is 2.12 bits per heavy atom. The maximum absolute atomic E-state index is 5.38. The molecule has 2 nitrogen and oxygen atoms in total. The second-order valence-corrected chi connectivity index (χ2v) is 4.60. The summed E-state index contributed by atoms with van der Waals surface area (Å²) >= 11 is 1.72. The van der Waals surface area contributed by atoms with Crippen molar-refractivity contribution in [3.63, 3.8) is 0 Å². The summed E-state index contributed by atoms with van der Waals surface area (Å²) in [5.74, 6) is 0.949. The molecule has 0 atom stereocenters. The van der Waals surface area contributed by atoms with E-state index in [1.165, 1.54) is 16.7 Å². The monoisotopic (exact) mass is 247 g/mol. The summed E-state index contributed by atoms with van der Waals surface area (Å²) in [5, 5.41) is 7.60. The first-order chi connectivity index (χ1) is 8.35. The van der Waals surface area contributed by atoms with Crippen molar-refractivity contribution >= 4 is 11.3 Å². The molecule has 0 fully saturated rings. The minimum Gasteiger partial charge on any atom is -0.496 e. The Bertz CT molecular complexity index is 465. The SMILES string of the molecule is CCNCc1cc(-c2ccsc2)ccc1OC. The highest BCUT2D eigenvalue weighted by atomic mass is 32.1. The summed E-state index contributed by atoms with van der Waals surface area (Å²) < 4.78 is 5.38. The molecular weight excluding hydrogens is 230 g/mol. The maximum atomic E-state index is 5.38. The van der Waals surface area contributed by atoms with Gasteiger partial charge in [0, 0.05) is 12.1 Å². The Morgan fingerprint density at radius 3 is 2.76 bits per heavy atom. The number of thiophene rings is 1. The van der Waals surface area contributed by atoms with Crippen LogP contribution in [0, 0.1) is 0 Å². The Kier molecular flexibility index (Phi) is 4.18. The molecule has 90 valence electrons. The van der Waals surface area contributed by atoms with Crippen LogP contribution < -0.4 is 10.1 Å². The molecule has 2 aromatic rings. The zero-order valence-corrected chi connectivity index (χ0v) is 11.0. The molecule has 0 aliphatic heterocycles. The van der Waals surface area contributed by atoms with Crippen molar-refractivity contribution in [1.29, 1.82) is 0 Å². The van der Waals surface area contributed by atoms with E-state index in [1.54, 1.807) is 18.4 Å². The van der Waals surface area contributed by atoms with Crippen molar-refractivity contribution in [2.24, 2.45) is 0 Å². The van der Waals surface area contributed by atoms with Crippen LogP contribution in [-0.4, -0.2) is 13.7 Å². The van der Waals surface area contributed by atoms with Crippen molar-refractivity contribution < 1.29 is 4.74 Å². The molecule has 1 heterocycles. The lowest BCUT2D eigenvalue weighted by Crippen LogP contribution is -2.12. The van der Waals surface area contributed by atoms with Crippen LogP contribution in [0.15, 0.2) is 35.0 Å². The number of nitrogens with one attached hydrogen (secondary N) is 1. The van der Waals surface area contributed by atoms with E-state index in [0.717, 1.165) is 18.8 Å². The molecule has 1 aromatic heterocycles. The summed E-state index contributed by atoms with van der Waals surface area (Å²) in [6.45, 7) is 3.92. The predicted octanol–water partition coefficient (Wildman–Crippen LogP) is 3.53. The topological polar surface area (TPSA) is 21.3 Å². The minimum absolute atomic E-state index is 0.845. The van der Waals surface area contributed by atoms with Crippen LogP contribution in [0.1, 0.15) is 12.5 Å². The van der Waals surface area contributed by atoms with Gasteiger partial charge in [-0.1, -0.05) is 13.0 Å². The normalized spacial score (nSPS) is 10.5. The molecule has 0 spiro atoms. The molecule has 0 bridgehead atoms. The first-order valence-electron chi connectivity index (χ1n) is 5.75. The quantitative estimate of drug-likeness (QED) is 0.872. The lowest BCUT2D eigenvalue weighted by Gasteiger charge is -2.10. The van der Waals surface area contributed by atoms with Crippen LogP contribution in [0.4, 0.5) is 0 Å². The number of hydrogen-bond donors (Lipinski definition) is 1. The number of benzene rings is 1. The van der Waals surface area contributed by atoms with Gasteiger partial charge in [0.05, 0.1) is 7.11 Å². The van der Waals surface area contributed by atoms with E-state index in [0.29, 0.717) is 0 Å². The first-order valence-corrected chi connectivity index (χ1v) is 6.69. The van der Waals surface area contributed by atoms with E-state index in [4.69, 9.17) is 4.74 Å². The van der Waals surface area contributed by atoms with Crippen LogP contribution in [0.3, 0.4) is 0 Å². The molecule has 2 rings (SSSR count). The zero-order chi connectivity index (χ0) is 12.1. The number of rotatable bonds is 5. The Labute approximate surface area is 106 Å². The van der Waals surface area contributed by atoms with Gasteiger partial charge >= 0.3 is 0 Å². The van der Waals surface area contributed by atoms with Crippen LogP contribution >= 0.6 is 11.3 Å². The fraction of sp³-hybridized carbons (Fsp3) is 0.286. The third kappa shape index (κ3) is 2.87. The van der Waals surface area contributed by atoms with Gasteiger partial charge < -0.3 is 10.1 Å². The maximum Gasteiger partial charge on any atom is 0.123 e. The van der Waals surface area contributed by atoms with E-state index in [2.05, 4.69) is 41.2 Å². The van der Waals surface area contributed by atoms with Gasteiger partial charge in [0.1, 0.15) is 5.75 Å². The van der Waals surface area contributed by atoms with Crippen molar-refractivity contribution in [1.82, 2.24) is 5.32 Å². The van der Waals surface area contributed by atoms with Gasteiger partial charge in [-0.3, -0.25) is 0 Å². The summed E-state index contributed by atoms with van der Waals surface area (Å²) in [6, 6.07) is 8.49. The third-order valence-corrected chi connectivity index (χ3v) is 3.38. The molecule has 0 amide bonds. The Balaban J connectivity index is 2.31. The lowest BCUT2D eigenvalue weighted by molar-refractivity contribution is 0.408. The number of methoxy groups -OCH3 is 1. The van der Waals surface area contributed by atoms with Crippen molar-refractivity contribution in [2.75, 3.05) is 13.7 Å². The highest BCUT2D eigenvalue weighted by molar-refractivity contribution is 7.08. The minimum atomic E-state index is 0.845. The summed E-state index contributed by atoms with van der Waals surface area (Å²) in [7, 11) is 1.72. The lowest BCUT2D eigenvalue weighted by atomic mass is 10.0. The molecular formula is C14H17NOS. The summed E-state index contributed by atoms with van der Waals surface area (Å²) in [4.78, 5) is 0. The average Bonchev–Trinajstić information content (AvgIpc) is 2.89. The van der Waals surface area contributed by atoms with E-state index >= 15 is 0 Å². The molecule has 1 aromatic carbocycles. The molecule has 1 N–H and O–H groups in total. The highest BCUT2D eigenvalue weighted by Gasteiger charge is 2.05. The molecule has 0 unspecified atom stereocenters. The van der Waals surface area contributed by atoms with Gasteiger partial charge in [0.2, 0.25) is 0 Å². The fourth-order valence-corrected chi connectivity index (χ4v) is 2.45. The smallest absolute Gasteiger partial charge is 0.123 e. The summed E-state index contributed by atoms with van der Waals surface area (Å²) in [6.07, 6.45) is 0. The van der Waals surface area contributed by atoms with Gasteiger partial charge in [0.15, 0.2) is 0 Å². The average molecular weight is 247 g/mol. The first kappa shape index (κ1) is 12.1. The van der Waals surface area contributed by atoms with E-state index in [9.17, 15) is 0 Å². The predicted molar refractivity (Wildman–Crippen MR) is 73.7 cm³/mol. The standard InChI is InChI=1S/C14H17NOS/c1-3-15-9-13-8-11(4-5-14(13)16-2)12-6-7-17-10-12/h4-8,10,15H,3,9H2,1-2H3. The highest BCUT2D eigenvalue weighted by Crippen LogP contribution is 2.27. The van der Waals surface area contributed by atoms with Crippen molar-refractivity contribution in [3.8, 4) is 16.9 Å². The van der Waals surface area contributed by atoms with E-state index in [-0.39, 0.29) is 0 Å². The van der Waals surface area contributed by atoms with E-state index < -0.39 is 0 Å². The third-order valence-electron chi connectivity index (χ3n) is 2.70. The molecule has 0 aliphatic carbocycles. The number of hydrogen-bond acceptors (Lipinski definition) is 3. The van der Waals surface area contributed by atoms with Crippen LogP contribution in [0.5, 0.6) is 5.75 Å². The van der Waals surface area contributed by atoms with Crippen LogP contribution in [-0.2, 0) is 6.54 Å². The molecule has 0 saturated carbocycles. The van der Waals surface area contributed by atoms with Crippen molar-refractivity contribution in [3.05, 3.63) is 40.6 Å². The van der Waals surface area contributed by atoms with Gasteiger partial charge in [0.25, 0.3) is 0 Å². The zero-order valence-electron chi connectivity index (χ0n) is 10.2. The molecule has 0 saturated heterocycles. The van der Waals surface area contributed by atoms with Gasteiger partial charge in [-0.25, -0.2) is 0 Å². The molecule has 0 aliphatic rings. The van der Waals surface area contributed by atoms with Crippen molar-refractivity contribution in [2.45, 2.75) is 13.5 Å².